The Morgan fingerprint density at radius 2 is 1.71 bits per heavy atom. The molecule has 0 fully saturated rings. The van der Waals surface area contributed by atoms with E-state index in [0.717, 1.165) is 25.0 Å². The minimum atomic E-state index is -5.33. The average Bonchev–Trinajstić information content (AvgIpc) is 3.03. The van der Waals surface area contributed by atoms with Gasteiger partial charge in [0.2, 0.25) is 0 Å². The molecule has 0 bridgehead atoms. The molecule has 2 heterocycles. The van der Waals surface area contributed by atoms with Crippen LogP contribution in [0.15, 0.2) is 6.20 Å². The number of aliphatic hydroxyl groups excluding tert-OH is 3. The van der Waals surface area contributed by atoms with Crippen molar-refractivity contribution in [3.05, 3.63) is 23.0 Å². The van der Waals surface area contributed by atoms with Crippen molar-refractivity contribution in [3.8, 4) is 0 Å². The second-order valence-corrected chi connectivity index (χ2v) is 5.87. The molecular formula is C15H17F3N2O8. The second-order valence-electron chi connectivity index (χ2n) is 5.87. The van der Waals surface area contributed by atoms with Crippen molar-refractivity contribution in [2.24, 2.45) is 0 Å². The monoisotopic (exact) mass is 410 g/mol. The maximum Gasteiger partial charge on any atom is 0.471 e. The van der Waals surface area contributed by atoms with Crippen LogP contribution >= 0.6 is 0 Å². The van der Waals surface area contributed by atoms with Gasteiger partial charge in [-0.1, -0.05) is 0 Å². The maximum absolute atomic E-state index is 12.7. The largest absolute Gasteiger partial charge is 0.471 e. The predicted molar refractivity (Wildman–Crippen MR) is 82.2 cm³/mol. The minimum absolute atomic E-state index is 0.449. The standard InChI is InChI=1S/C15H17F3N2O8/c1-27-12(24)5-3-20-6(4-21)10(22)11(23)8(19-14(26)15(16,17)18)9(20)7(5)13(25)28-2/h3,6,8,10-11,21-23H,4H2,1-2H3,(H,19,26)/t6-,8+,10-,11-/m1/s1. The van der Waals surface area contributed by atoms with Crippen LogP contribution in [0.1, 0.15) is 38.5 Å². The number of rotatable bonds is 4. The summed E-state index contributed by atoms with van der Waals surface area (Å²) in [6.45, 7) is -0.804. The Balaban J connectivity index is 2.75. The average molecular weight is 410 g/mol. The summed E-state index contributed by atoms with van der Waals surface area (Å²) in [5.74, 6) is -4.68. The van der Waals surface area contributed by atoms with Crippen LogP contribution < -0.4 is 5.32 Å². The number of nitrogens with one attached hydrogen (secondary N) is 1. The van der Waals surface area contributed by atoms with E-state index in [0.29, 0.717) is 0 Å². The summed E-state index contributed by atoms with van der Waals surface area (Å²) in [5, 5.41) is 31.4. The predicted octanol–water partition coefficient (Wildman–Crippen LogP) is -0.950. The van der Waals surface area contributed by atoms with E-state index in [-0.39, 0.29) is 0 Å². The van der Waals surface area contributed by atoms with Crippen molar-refractivity contribution >= 4 is 17.8 Å². The normalized spacial score (nSPS) is 24.3. The lowest BCUT2D eigenvalue weighted by molar-refractivity contribution is -0.176. The van der Waals surface area contributed by atoms with Gasteiger partial charge < -0.3 is 34.7 Å². The van der Waals surface area contributed by atoms with Gasteiger partial charge in [0.15, 0.2) is 0 Å². The van der Waals surface area contributed by atoms with Gasteiger partial charge in [-0.2, -0.15) is 13.2 Å². The van der Waals surface area contributed by atoms with E-state index in [9.17, 15) is 42.9 Å². The fourth-order valence-corrected chi connectivity index (χ4v) is 3.04. The Bertz CT molecular complexity index is 791. The van der Waals surface area contributed by atoms with Crippen molar-refractivity contribution in [1.82, 2.24) is 9.88 Å². The van der Waals surface area contributed by atoms with E-state index in [1.165, 1.54) is 5.32 Å². The van der Waals surface area contributed by atoms with E-state index in [1.807, 2.05) is 0 Å². The Morgan fingerprint density at radius 1 is 1.14 bits per heavy atom. The Morgan fingerprint density at radius 3 is 2.18 bits per heavy atom. The summed E-state index contributed by atoms with van der Waals surface area (Å²) in [6, 6.07) is -3.27. The van der Waals surface area contributed by atoms with Crippen LogP contribution in [0.4, 0.5) is 13.2 Å². The van der Waals surface area contributed by atoms with Gasteiger partial charge in [0.1, 0.15) is 12.2 Å². The van der Waals surface area contributed by atoms with Crippen LogP contribution in [-0.4, -0.2) is 76.9 Å². The highest BCUT2D eigenvalue weighted by Crippen LogP contribution is 2.38. The van der Waals surface area contributed by atoms with Gasteiger partial charge in [-0.15, -0.1) is 0 Å². The first-order valence-corrected chi connectivity index (χ1v) is 7.75. The van der Waals surface area contributed by atoms with Crippen molar-refractivity contribution in [1.29, 1.82) is 0 Å². The molecule has 1 aliphatic rings. The molecule has 0 aromatic carbocycles. The molecule has 0 saturated heterocycles. The van der Waals surface area contributed by atoms with Crippen LogP contribution in [0.25, 0.3) is 0 Å². The molecule has 4 atom stereocenters. The first-order chi connectivity index (χ1) is 13.0. The van der Waals surface area contributed by atoms with Crippen molar-refractivity contribution in [2.45, 2.75) is 30.5 Å². The quantitative estimate of drug-likeness (QED) is 0.465. The Hall–Kier alpha value is -2.64. The van der Waals surface area contributed by atoms with Crippen molar-refractivity contribution in [3.63, 3.8) is 0 Å². The van der Waals surface area contributed by atoms with Crippen LogP contribution in [0, 0.1) is 0 Å². The number of aliphatic hydroxyl groups is 3. The van der Waals surface area contributed by atoms with Crippen LogP contribution in [-0.2, 0) is 14.3 Å². The number of hydrogen-bond acceptors (Lipinski definition) is 8. The summed E-state index contributed by atoms with van der Waals surface area (Å²) >= 11 is 0. The van der Waals surface area contributed by atoms with E-state index in [2.05, 4.69) is 9.47 Å². The van der Waals surface area contributed by atoms with Gasteiger partial charge in [0.25, 0.3) is 0 Å². The molecule has 13 heteroatoms. The smallest absolute Gasteiger partial charge is 0.465 e. The molecule has 2 rings (SSSR count). The summed E-state index contributed by atoms with van der Waals surface area (Å²) < 4.78 is 48.1. The number of amides is 1. The van der Waals surface area contributed by atoms with Crippen LogP contribution in [0.2, 0.25) is 0 Å². The number of fused-ring (bicyclic) bond motifs is 1. The molecule has 0 spiro atoms. The van der Waals surface area contributed by atoms with E-state index < -0.39 is 71.7 Å². The zero-order chi connectivity index (χ0) is 21.4. The summed E-state index contributed by atoms with van der Waals surface area (Å²) in [7, 11) is 1.92. The van der Waals surface area contributed by atoms with E-state index >= 15 is 0 Å². The topological polar surface area (TPSA) is 147 Å². The number of nitrogens with zero attached hydrogens (tertiary/aromatic N) is 1. The number of carbonyl (C=O) groups excluding carboxylic acids is 3. The first-order valence-electron chi connectivity index (χ1n) is 7.75. The van der Waals surface area contributed by atoms with Gasteiger partial charge in [-0.05, 0) is 0 Å². The van der Waals surface area contributed by atoms with Gasteiger partial charge in [0, 0.05) is 6.20 Å². The summed E-state index contributed by atoms with van der Waals surface area (Å²) in [6.07, 6.45) is -8.25. The molecule has 1 amide bonds. The summed E-state index contributed by atoms with van der Waals surface area (Å²) in [5.41, 5.74) is -1.48. The molecule has 1 aliphatic heterocycles. The SMILES string of the molecule is COC(=O)c1cn2c(c1C(=O)OC)[C@H](NC(=O)C(F)(F)F)[C@@H](O)[C@H](O)[C@H]2CO. The van der Waals surface area contributed by atoms with Crippen molar-refractivity contribution < 1.29 is 52.3 Å². The number of aromatic nitrogens is 1. The highest BCUT2D eigenvalue weighted by Gasteiger charge is 2.49. The maximum atomic E-state index is 12.7. The Labute approximate surface area is 155 Å². The fraction of sp³-hybridized carbons (Fsp3) is 0.533. The molecule has 0 radical (unpaired) electrons. The third-order valence-electron chi connectivity index (χ3n) is 4.34. The fourth-order valence-electron chi connectivity index (χ4n) is 3.04. The molecule has 0 saturated carbocycles. The number of alkyl halides is 3. The molecule has 1 aromatic rings. The van der Waals surface area contributed by atoms with Gasteiger partial charge in [-0.3, -0.25) is 4.79 Å². The number of hydrogen-bond donors (Lipinski definition) is 4. The molecule has 156 valence electrons. The lowest BCUT2D eigenvalue weighted by atomic mass is 9.90. The second kappa shape index (κ2) is 7.77. The number of esters is 2. The molecule has 1 aromatic heterocycles. The zero-order valence-electron chi connectivity index (χ0n) is 14.6. The molecule has 4 N–H and O–H groups in total. The van der Waals surface area contributed by atoms with E-state index in [4.69, 9.17) is 0 Å². The van der Waals surface area contributed by atoms with Gasteiger partial charge in [0.05, 0.1) is 49.7 Å². The van der Waals surface area contributed by atoms with E-state index in [1.54, 1.807) is 0 Å². The first kappa shape index (κ1) is 21.7. The number of ether oxygens (including phenoxy) is 2. The molecular weight excluding hydrogens is 393 g/mol. The van der Waals surface area contributed by atoms with Gasteiger partial charge in [-0.25, -0.2) is 9.59 Å². The lowest BCUT2D eigenvalue weighted by Crippen LogP contribution is -2.53. The molecule has 0 unspecified atom stereocenters. The third kappa shape index (κ3) is 3.55. The molecule has 28 heavy (non-hydrogen) atoms. The number of methoxy groups -OCH3 is 2. The van der Waals surface area contributed by atoms with Crippen LogP contribution in [0.5, 0.6) is 0 Å². The number of halogens is 3. The minimum Gasteiger partial charge on any atom is -0.465 e. The highest BCUT2D eigenvalue weighted by molar-refractivity contribution is 6.04. The highest BCUT2D eigenvalue weighted by atomic mass is 19.4. The number of carbonyl (C=O) groups is 3. The third-order valence-corrected chi connectivity index (χ3v) is 4.34. The van der Waals surface area contributed by atoms with Crippen molar-refractivity contribution in [2.75, 3.05) is 20.8 Å². The zero-order valence-corrected chi connectivity index (χ0v) is 14.6. The Kier molecular flexibility index (Phi) is 6.01. The van der Waals surface area contributed by atoms with Gasteiger partial charge >= 0.3 is 24.0 Å². The lowest BCUT2D eigenvalue weighted by Gasteiger charge is -2.39. The molecule has 0 aliphatic carbocycles. The summed E-state index contributed by atoms with van der Waals surface area (Å²) in [4.78, 5) is 35.6. The molecule has 10 nitrogen and oxygen atoms in total. The van der Waals surface area contributed by atoms with Crippen LogP contribution in [0.3, 0.4) is 0 Å².